The molecule has 1 aliphatic heterocycles. The van der Waals surface area contributed by atoms with Gasteiger partial charge in [-0.15, -0.1) is 5.92 Å². The van der Waals surface area contributed by atoms with E-state index >= 15 is 0 Å². The summed E-state index contributed by atoms with van der Waals surface area (Å²) in [4.78, 5) is 4.94. The average molecular weight is 242 g/mol. The van der Waals surface area contributed by atoms with Crippen molar-refractivity contribution in [2.75, 3.05) is 45.9 Å². The molecule has 0 spiro atoms. The fourth-order valence-electron chi connectivity index (χ4n) is 1.86. The Bertz CT molecular complexity index is 229. The van der Waals surface area contributed by atoms with Gasteiger partial charge in [0.1, 0.15) is 0 Å². The zero-order valence-electron chi connectivity index (χ0n) is 10.1. The zero-order chi connectivity index (χ0) is 11.6. The first-order valence-corrected chi connectivity index (χ1v) is 6.34. The summed E-state index contributed by atoms with van der Waals surface area (Å²) in [5, 5.41) is 0. The van der Waals surface area contributed by atoms with E-state index in [1.54, 1.807) is 0 Å². The van der Waals surface area contributed by atoms with Gasteiger partial charge in [0.2, 0.25) is 0 Å². The Morgan fingerprint density at radius 2 is 1.81 bits per heavy atom. The summed E-state index contributed by atoms with van der Waals surface area (Å²) < 4.78 is 4.75. The second-order valence-corrected chi connectivity index (χ2v) is 4.34. The second kappa shape index (κ2) is 8.89. The van der Waals surface area contributed by atoms with Gasteiger partial charge in [-0.1, -0.05) is 5.92 Å². The van der Waals surface area contributed by atoms with E-state index in [9.17, 15) is 0 Å². The molecule has 1 saturated heterocycles. The van der Waals surface area contributed by atoms with Crippen molar-refractivity contribution in [3.05, 3.63) is 0 Å². The molecule has 92 valence electrons. The minimum absolute atomic E-state index is 0.759. The molecule has 0 bridgehead atoms. The molecule has 0 aliphatic carbocycles. The van der Waals surface area contributed by atoms with Crippen molar-refractivity contribution >= 4 is 12.9 Å². The lowest BCUT2D eigenvalue weighted by molar-refractivity contribution is 0.141. The van der Waals surface area contributed by atoms with Gasteiger partial charge < -0.3 is 9.08 Å². The van der Waals surface area contributed by atoms with Gasteiger partial charge in [0.25, 0.3) is 0 Å². The fourth-order valence-corrected chi connectivity index (χ4v) is 1.99. The number of thiol groups is 1. The SMILES string of the molecule is CC#CCN1CCN(CCCCOS)CC1. The normalized spacial score (nSPS) is 18.1. The maximum Gasteiger partial charge on any atom is 0.0611 e. The Hall–Kier alpha value is -0.210. The van der Waals surface area contributed by atoms with E-state index in [1.165, 1.54) is 26.1 Å². The van der Waals surface area contributed by atoms with Crippen molar-refractivity contribution in [1.82, 2.24) is 9.80 Å². The molecule has 0 N–H and O–H groups in total. The highest BCUT2D eigenvalue weighted by atomic mass is 32.1. The molecule has 0 radical (unpaired) electrons. The Kier molecular flexibility index (Phi) is 7.69. The molecule has 4 heteroatoms. The lowest BCUT2D eigenvalue weighted by Gasteiger charge is -2.33. The van der Waals surface area contributed by atoms with Gasteiger partial charge in [-0.25, -0.2) is 0 Å². The number of hydrogen-bond acceptors (Lipinski definition) is 4. The summed E-state index contributed by atoms with van der Waals surface area (Å²) in [5.74, 6) is 6.07. The van der Waals surface area contributed by atoms with Crippen LogP contribution in [0.5, 0.6) is 0 Å². The number of rotatable bonds is 6. The first-order valence-electron chi connectivity index (χ1n) is 5.97. The molecule has 0 saturated carbocycles. The number of nitrogens with zero attached hydrogens (tertiary/aromatic N) is 2. The molecule has 1 heterocycles. The van der Waals surface area contributed by atoms with E-state index in [1.807, 2.05) is 6.92 Å². The van der Waals surface area contributed by atoms with Gasteiger partial charge >= 0.3 is 0 Å². The number of unbranched alkanes of at least 4 members (excludes halogenated alkanes) is 1. The van der Waals surface area contributed by atoms with Crippen LogP contribution in [0.1, 0.15) is 19.8 Å². The van der Waals surface area contributed by atoms with Crippen LogP contribution in [-0.4, -0.2) is 55.7 Å². The highest BCUT2D eigenvalue weighted by Crippen LogP contribution is 2.03. The first kappa shape index (κ1) is 13.9. The second-order valence-electron chi connectivity index (χ2n) is 4.08. The monoisotopic (exact) mass is 242 g/mol. The van der Waals surface area contributed by atoms with Crippen LogP contribution in [0.2, 0.25) is 0 Å². The molecule has 0 atom stereocenters. The van der Waals surface area contributed by atoms with Crippen LogP contribution >= 0.6 is 12.9 Å². The van der Waals surface area contributed by atoms with Gasteiger partial charge in [0.15, 0.2) is 0 Å². The standard InChI is InChI=1S/C12H22N2OS/c1-2-3-6-13-8-10-14(11-9-13)7-4-5-12-15-16/h16H,4-12H2,1H3. The molecule has 1 aliphatic rings. The smallest absolute Gasteiger partial charge is 0.0611 e. The molecular weight excluding hydrogens is 220 g/mol. The van der Waals surface area contributed by atoms with Crippen LogP contribution in [0.4, 0.5) is 0 Å². The van der Waals surface area contributed by atoms with Crippen LogP contribution in [0, 0.1) is 11.8 Å². The van der Waals surface area contributed by atoms with E-state index in [4.69, 9.17) is 4.18 Å². The van der Waals surface area contributed by atoms with Crippen molar-refractivity contribution in [1.29, 1.82) is 0 Å². The van der Waals surface area contributed by atoms with E-state index in [0.717, 1.165) is 32.7 Å². The fraction of sp³-hybridized carbons (Fsp3) is 0.833. The van der Waals surface area contributed by atoms with E-state index < -0.39 is 0 Å². The third-order valence-electron chi connectivity index (χ3n) is 2.90. The summed E-state index contributed by atoms with van der Waals surface area (Å²) in [6.07, 6.45) is 2.31. The van der Waals surface area contributed by atoms with E-state index in [0.29, 0.717) is 0 Å². The van der Waals surface area contributed by atoms with Gasteiger partial charge in [0, 0.05) is 26.2 Å². The molecular formula is C12H22N2OS. The molecule has 0 unspecified atom stereocenters. The summed E-state index contributed by atoms with van der Waals surface area (Å²) in [5.41, 5.74) is 0. The van der Waals surface area contributed by atoms with Crippen molar-refractivity contribution in [3.8, 4) is 11.8 Å². The van der Waals surface area contributed by atoms with Crippen LogP contribution in [0.15, 0.2) is 0 Å². The van der Waals surface area contributed by atoms with Crippen LogP contribution in [-0.2, 0) is 4.18 Å². The quantitative estimate of drug-likeness (QED) is 0.327. The predicted octanol–water partition coefficient (Wildman–Crippen LogP) is 1.27. The van der Waals surface area contributed by atoms with Crippen molar-refractivity contribution in [2.24, 2.45) is 0 Å². The molecule has 0 aromatic carbocycles. The molecule has 0 aromatic heterocycles. The average Bonchev–Trinajstić information content (AvgIpc) is 2.33. The highest BCUT2D eigenvalue weighted by Gasteiger charge is 2.14. The molecule has 0 amide bonds. The third-order valence-corrected chi connectivity index (χ3v) is 3.09. The lowest BCUT2D eigenvalue weighted by Crippen LogP contribution is -2.46. The van der Waals surface area contributed by atoms with Crippen molar-refractivity contribution < 1.29 is 4.18 Å². The highest BCUT2D eigenvalue weighted by molar-refractivity contribution is 7.75. The zero-order valence-corrected chi connectivity index (χ0v) is 11.0. The number of hydrogen-bond donors (Lipinski definition) is 1. The Morgan fingerprint density at radius 1 is 1.12 bits per heavy atom. The summed E-state index contributed by atoms with van der Waals surface area (Å²) in [6, 6.07) is 0. The van der Waals surface area contributed by atoms with Crippen LogP contribution < -0.4 is 0 Å². The molecule has 16 heavy (non-hydrogen) atoms. The molecule has 1 rings (SSSR count). The largest absolute Gasteiger partial charge is 0.318 e. The Labute approximate surface area is 105 Å². The van der Waals surface area contributed by atoms with Gasteiger partial charge in [-0.2, -0.15) is 0 Å². The lowest BCUT2D eigenvalue weighted by atomic mass is 10.2. The van der Waals surface area contributed by atoms with Gasteiger partial charge in [-0.05, 0) is 39.2 Å². The van der Waals surface area contributed by atoms with Crippen LogP contribution in [0.25, 0.3) is 0 Å². The minimum atomic E-state index is 0.759. The van der Waals surface area contributed by atoms with Crippen LogP contribution in [0.3, 0.4) is 0 Å². The summed E-state index contributed by atoms with van der Waals surface area (Å²) >= 11 is 3.73. The molecule has 0 aromatic rings. The molecule has 1 fully saturated rings. The minimum Gasteiger partial charge on any atom is -0.318 e. The summed E-state index contributed by atoms with van der Waals surface area (Å²) in [6.45, 7) is 9.42. The van der Waals surface area contributed by atoms with Crippen molar-refractivity contribution in [3.63, 3.8) is 0 Å². The predicted molar refractivity (Wildman–Crippen MR) is 70.5 cm³/mol. The van der Waals surface area contributed by atoms with E-state index in [-0.39, 0.29) is 0 Å². The number of piperazine rings is 1. The Morgan fingerprint density at radius 3 is 2.44 bits per heavy atom. The third kappa shape index (κ3) is 5.76. The Balaban J connectivity index is 2.04. The van der Waals surface area contributed by atoms with E-state index in [2.05, 4.69) is 34.6 Å². The van der Waals surface area contributed by atoms with Gasteiger partial charge in [0.05, 0.1) is 13.2 Å². The van der Waals surface area contributed by atoms with Crippen molar-refractivity contribution in [2.45, 2.75) is 19.8 Å². The maximum atomic E-state index is 4.75. The molecule has 3 nitrogen and oxygen atoms in total. The first-order chi connectivity index (χ1) is 7.86. The van der Waals surface area contributed by atoms with Gasteiger partial charge in [-0.3, -0.25) is 4.90 Å². The summed E-state index contributed by atoms with van der Waals surface area (Å²) in [7, 11) is 0. The topological polar surface area (TPSA) is 15.7 Å². The maximum absolute atomic E-state index is 4.75.